The van der Waals surface area contributed by atoms with Crippen molar-refractivity contribution in [3.63, 3.8) is 0 Å². The number of hydrogen-bond donors (Lipinski definition) is 0. The largest absolute Gasteiger partial charge is 0.457 e. The van der Waals surface area contributed by atoms with Crippen LogP contribution in [-0.2, 0) is 48.3 Å². The second kappa shape index (κ2) is 20.8. The molecule has 1 aromatic carbocycles. The molecule has 6 rings (SSSR count). The van der Waals surface area contributed by atoms with Gasteiger partial charge in [0.1, 0.15) is 23.3 Å². The fourth-order valence-corrected chi connectivity index (χ4v) is 11.0. The van der Waals surface area contributed by atoms with Gasteiger partial charge in [-0.05, 0) is 112 Å². The van der Waals surface area contributed by atoms with E-state index in [2.05, 4.69) is 23.8 Å². The van der Waals surface area contributed by atoms with Crippen molar-refractivity contribution in [1.29, 1.82) is 0 Å². The van der Waals surface area contributed by atoms with Crippen LogP contribution in [0.1, 0.15) is 118 Å². The predicted molar refractivity (Wildman–Crippen MR) is 250 cm³/mol. The third-order valence-electron chi connectivity index (χ3n) is 14.9. The van der Waals surface area contributed by atoms with Crippen LogP contribution in [0.25, 0.3) is 11.2 Å². The zero-order valence-electron chi connectivity index (χ0n) is 41.7. The highest BCUT2D eigenvalue weighted by molar-refractivity contribution is 6.00. The van der Waals surface area contributed by atoms with Crippen molar-refractivity contribution in [2.75, 3.05) is 27.7 Å². The van der Waals surface area contributed by atoms with Crippen LogP contribution >= 0.6 is 0 Å². The number of cyclic esters (lactones) is 1. The van der Waals surface area contributed by atoms with Gasteiger partial charge in [-0.15, -0.1) is 0 Å². The molecular formula is C51H73N5O11. The lowest BCUT2D eigenvalue weighted by molar-refractivity contribution is -0.294. The maximum Gasteiger partial charge on any atom is 0.410 e. The van der Waals surface area contributed by atoms with E-state index in [4.69, 9.17) is 28.4 Å². The Morgan fingerprint density at radius 3 is 2.30 bits per heavy atom. The van der Waals surface area contributed by atoms with Crippen LogP contribution in [0.3, 0.4) is 0 Å². The average Bonchev–Trinajstić information content (AvgIpc) is 3.88. The van der Waals surface area contributed by atoms with E-state index in [1.165, 1.54) is 14.0 Å². The Morgan fingerprint density at radius 1 is 0.955 bits per heavy atom. The van der Waals surface area contributed by atoms with E-state index >= 15 is 4.79 Å². The topological polar surface area (TPSA) is 178 Å². The van der Waals surface area contributed by atoms with Crippen LogP contribution in [0.15, 0.2) is 55.0 Å². The number of esters is 2. The first-order valence-corrected chi connectivity index (χ1v) is 24.0. The van der Waals surface area contributed by atoms with Gasteiger partial charge in [0.2, 0.25) is 0 Å². The summed E-state index contributed by atoms with van der Waals surface area (Å²) in [4.78, 5) is 84.9. The fourth-order valence-electron chi connectivity index (χ4n) is 11.0. The number of fused-ring (bicyclic) bond motifs is 2. The van der Waals surface area contributed by atoms with Gasteiger partial charge in [-0.2, -0.15) is 0 Å². The van der Waals surface area contributed by atoms with Crippen molar-refractivity contribution in [2.45, 2.75) is 167 Å². The highest BCUT2D eigenvalue weighted by Gasteiger charge is 2.62. The molecule has 2 aromatic heterocycles. The van der Waals surface area contributed by atoms with Crippen LogP contribution in [0, 0.1) is 23.7 Å². The molecule has 16 nitrogen and oxygen atoms in total. The molecule has 368 valence electrons. The molecule has 0 spiro atoms. The van der Waals surface area contributed by atoms with Gasteiger partial charge in [0.15, 0.2) is 29.4 Å². The minimum absolute atomic E-state index is 0.0839. The first-order chi connectivity index (χ1) is 31.6. The Hall–Kier alpha value is -4.77. The Kier molecular flexibility index (Phi) is 16.1. The average molecular weight is 932 g/mol. The minimum atomic E-state index is -1.41. The van der Waals surface area contributed by atoms with E-state index in [1.807, 2.05) is 76.4 Å². The van der Waals surface area contributed by atoms with Crippen molar-refractivity contribution in [3.05, 3.63) is 60.6 Å². The molecule has 16 heteroatoms. The highest BCUT2D eigenvalue weighted by atomic mass is 16.7. The first-order valence-electron chi connectivity index (χ1n) is 24.0. The maximum atomic E-state index is 15.1. The molecule has 0 N–H and O–H groups in total. The summed E-state index contributed by atoms with van der Waals surface area (Å²) in [5.41, 5.74) is -1.30. The molecule has 0 radical (unpaired) electrons. The summed E-state index contributed by atoms with van der Waals surface area (Å²) in [6.45, 7) is 18.6. The molecule has 1 amide bonds. The van der Waals surface area contributed by atoms with Crippen molar-refractivity contribution in [1.82, 2.24) is 24.3 Å². The molecular weight excluding hydrogens is 859 g/mol. The second-order valence-corrected chi connectivity index (χ2v) is 20.1. The number of Topliss-reactive ketones (excluding diaryl/α,β-unsaturated/α-hetero) is 2. The Bertz CT molecular complexity index is 2230. The predicted octanol–water partition coefficient (Wildman–Crippen LogP) is 7.41. The fraction of sp³-hybridized carbons (Fsp3) is 0.667. The van der Waals surface area contributed by atoms with Gasteiger partial charge in [-0.1, -0.05) is 52.8 Å². The normalized spacial score (nSPS) is 33.6. The lowest BCUT2D eigenvalue weighted by Gasteiger charge is -2.48. The third-order valence-corrected chi connectivity index (χ3v) is 14.9. The van der Waals surface area contributed by atoms with E-state index in [0.29, 0.717) is 24.8 Å². The Balaban J connectivity index is 1.35. The number of carbonyl (C=O) groups excluding carboxylic acids is 5. The van der Waals surface area contributed by atoms with Gasteiger partial charge in [0.05, 0.1) is 41.8 Å². The number of hydrogen-bond acceptors (Lipinski definition) is 14. The van der Waals surface area contributed by atoms with Gasteiger partial charge >= 0.3 is 18.0 Å². The lowest BCUT2D eigenvalue weighted by Crippen LogP contribution is -2.61. The summed E-state index contributed by atoms with van der Waals surface area (Å²) >= 11 is 0. The quantitative estimate of drug-likeness (QED) is 0.0941. The number of pyridine rings is 1. The number of nitrogens with zero attached hydrogens (tertiary/aromatic N) is 5. The third kappa shape index (κ3) is 10.3. The van der Waals surface area contributed by atoms with Crippen LogP contribution in [0.2, 0.25) is 0 Å². The SMILES string of the molecule is CC[C@H]1OC(=O)[C@H](C)C(=O)[C@H](C)[C@@H](O[C@@H]2O[C@H](C)C[C@H](N(C)C)[C@H]2OC(=O)c2ccccc2)[C@](C)(OC)C[C@@H](C)C(=O)[C@H](C)[C@H]2N(CCCC(C)(C)n3cnc4cccnc43)C(=O)O[C@]12CC. The number of aromatic nitrogens is 3. The summed E-state index contributed by atoms with van der Waals surface area (Å²) in [6.07, 6.45) is 0.608. The van der Waals surface area contributed by atoms with E-state index in [9.17, 15) is 19.2 Å². The van der Waals surface area contributed by atoms with Crippen molar-refractivity contribution in [2.24, 2.45) is 23.7 Å². The van der Waals surface area contributed by atoms with E-state index < -0.39 is 94.9 Å². The molecule has 0 aliphatic carbocycles. The number of benzene rings is 1. The van der Waals surface area contributed by atoms with Gasteiger partial charge in [0.25, 0.3) is 0 Å². The maximum absolute atomic E-state index is 15.1. The summed E-state index contributed by atoms with van der Waals surface area (Å²) in [5.74, 6) is -5.81. The van der Waals surface area contributed by atoms with Crippen LogP contribution < -0.4 is 0 Å². The first kappa shape index (κ1) is 51.6. The van der Waals surface area contributed by atoms with E-state index in [-0.39, 0.29) is 43.7 Å². The van der Waals surface area contributed by atoms with Gasteiger partial charge in [0, 0.05) is 43.1 Å². The summed E-state index contributed by atoms with van der Waals surface area (Å²) in [6, 6.07) is 11.2. The smallest absolute Gasteiger partial charge is 0.410 e. The number of imidazole rings is 1. The zero-order chi connectivity index (χ0) is 49.2. The van der Waals surface area contributed by atoms with Gasteiger partial charge in [-0.3, -0.25) is 14.4 Å². The van der Waals surface area contributed by atoms with Crippen LogP contribution in [0.5, 0.6) is 0 Å². The zero-order valence-corrected chi connectivity index (χ0v) is 41.7. The van der Waals surface area contributed by atoms with E-state index in [0.717, 1.165) is 11.2 Å². The Morgan fingerprint density at radius 2 is 1.66 bits per heavy atom. The summed E-state index contributed by atoms with van der Waals surface area (Å²) < 4.78 is 40.7. The second-order valence-electron chi connectivity index (χ2n) is 20.1. The number of rotatable bonds is 13. The minimum Gasteiger partial charge on any atom is -0.457 e. The number of ether oxygens (including phenoxy) is 6. The molecule has 0 bridgehead atoms. The number of ketones is 2. The molecule has 0 unspecified atom stereocenters. The van der Waals surface area contributed by atoms with Crippen molar-refractivity contribution in [3.8, 4) is 0 Å². The van der Waals surface area contributed by atoms with Crippen LogP contribution in [-0.4, -0.2) is 136 Å². The van der Waals surface area contributed by atoms with Crippen molar-refractivity contribution < 1.29 is 52.4 Å². The van der Waals surface area contributed by atoms with E-state index in [1.54, 1.807) is 55.5 Å². The molecule has 3 fully saturated rings. The van der Waals surface area contributed by atoms with Crippen LogP contribution in [0.4, 0.5) is 4.79 Å². The molecule has 67 heavy (non-hydrogen) atoms. The van der Waals surface area contributed by atoms with Crippen molar-refractivity contribution >= 4 is 40.8 Å². The molecule has 13 atom stereocenters. The summed E-state index contributed by atoms with van der Waals surface area (Å²) in [7, 11) is 5.28. The molecule has 3 aliphatic rings. The highest BCUT2D eigenvalue weighted by Crippen LogP contribution is 2.45. The molecule has 3 aliphatic heterocycles. The molecule has 0 saturated carbocycles. The number of amides is 1. The standard InChI is InChI=1S/C51H73N5O11/c1-14-38-51(15-2)42(55(48(61)67-51)26-20-24-49(8,9)56-29-53-36-23-19-25-52-44(36)56)32(5)39(57)30(3)28-50(10,62-13)43(33(6)40(58)34(7)45(59)64-38)66-47-41(37(54(11)12)27-31(4)63-47)65-46(60)35-21-17-16-18-22-35/h16-19,21-23,25,29-34,37-38,41-43,47H,14-15,20,24,26-28H2,1-13H3/t30-,31-,32+,33+,34-,37+,38-,41-,42-,43-,47+,50-,51-/m1/s1. The molecule has 5 heterocycles. The summed E-state index contributed by atoms with van der Waals surface area (Å²) in [5, 5.41) is 0. The number of carbonyl (C=O) groups is 5. The lowest BCUT2D eigenvalue weighted by atomic mass is 9.72. The number of likely N-dealkylation sites (N-methyl/N-ethyl adjacent to an activating group) is 1. The Labute approximate surface area is 395 Å². The van der Waals surface area contributed by atoms with Gasteiger partial charge < -0.3 is 42.8 Å². The number of methoxy groups -OCH3 is 1. The monoisotopic (exact) mass is 932 g/mol. The molecule has 3 saturated heterocycles. The molecule has 3 aromatic rings. The van der Waals surface area contributed by atoms with Gasteiger partial charge in [-0.25, -0.2) is 19.6 Å².